The topological polar surface area (TPSA) is 49.8 Å². The lowest BCUT2D eigenvalue weighted by Gasteiger charge is -2.37. The van der Waals surface area contributed by atoms with Gasteiger partial charge >= 0.3 is 0 Å². The summed E-state index contributed by atoms with van der Waals surface area (Å²) in [4.78, 5) is 13.4. The van der Waals surface area contributed by atoms with E-state index >= 15 is 0 Å². The monoisotopic (exact) mass is 253 g/mol. The van der Waals surface area contributed by atoms with Gasteiger partial charge in [-0.25, -0.2) is 4.39 Å². The van der Waals surface area contributed by atoms with Crippen LogP contribution < -0.4 is 0 Å². The van der Waals surface area contributed by atoms with E-state index in [-0.39, 0.29) is 18.0 Å². The molecule has 1 aromatic rings. The summed E-state index contributed by atoms with van der Waals surface area (Å²) >= 11 is 0. The average molecular weight is 253 g/mol. The molecule has 1 aliphatic heterocycles. The van der Waals surface area contributed by atoms with Crippen molar-refractivity contribution < 1.29 is 19.0 Å². The summed E-state index contributed by atoms with van der Waals surface area (Å²) in [6, 6.07) is 5.77. The largest absolute Gasteiger partial charge is 0.360 e. The van der Waals surface area contributed by atoms with Gasteiger partial charge in [0.2, 0.25) is 6.29 Å². The molecular weight excluding hydrogens is 237 g/mol. The number of amides is 1. The highest BCUT2D eigenvalue weighted by Gasteiger charge is 2.34. The van der Waals surface area contributed by atoms with Crippen molar-refractivity contribution in [3.63, 3.8) is 0 Å². The zero-order chi connectivity index (χ0) is 13.3. The van der Waals surface area contributed by atoms with Crippen molar-refractivity contribution in [2.75, 3.05) is 6.54 Å². The third kappa shape index (κ3) is 2.52. The standard InChI is InChI=1S/C13H16FNO3/c1-8-7-15(12(16)13(17)18-8)9(2)10-3-5-11(14)6-4-10/h3-6,8-9,13,17H,7H2,1-2H3. The normalized spacial score (nSPS) is 26.2. The number of aliphatic hydroxyl groups is 1. The third-order valence-electron chi connectivity index (χ3n) is 3.13. The number of carbonyl (C=O) groups is 1. The summed E-state index contributed by atoms with van der Waals surface area (Å²) in [6.07, 6.45) is -1.63. The van der Waals surface area contributed by atoms with Crippen molar-refractivity contribution in [3.05, 3.63) is 35.6 Å². The molecule has 1 fully saturated rings. The summed E-state index contributed by atoms with van der Waals surface area (Å²) in [5.41, 5.74) is 0.825. The summed E-state index contributed by atoms with van der Waals surface area (Å²) in [7, 11) is 0. The van der Waals surface area contributed by atoms with E-state index in [9.17, 15) is 14.3 Å². The van der Waals surface area contributed by atoms with E-state index in [2.05, 4.69) is 0 Å². The van der Waals surface area contributed by atoms with Gasteiger partial charge in [0.25, 0.3) is 5.91 Å². The highest BCUT2D eigenvalue weighted by atomic mass is 19.1. The highest BCUT2D eigenvalue weighted by molar-refractivity contribution is 5.80. The second-order valence-corrected chi connectivity index (χ2v) is 4.52. The van der Waals surface area contributed by atoms with E-state index < -0.39 is 12.2 Å². The summed E-state index contributed by atoms with van der Waals surface area (Å²) in [6.45, 7) is 4.05. The molecule has 0 aromatic heterocycles. The minimum atomic E-state index is -1.41. The molecule has 2 rings (SSSR count). The van der Waals surface area contributed by atoms with Crippen LogP contribution in [-0.4, -0.2) is 34.9 Å². The zero-order valence-electron chi connectivity index (χ0n) is 10.3. The van der Waals surface area contributed by atoms with E-state index in [0.29, 0.717) is 6.54 Å². The Bertz CT molecular complexity index is 434. The van der Waals surface area contributed by atoms with Crippen LogP contribution in [-0.2, 0) is 9.53 Å². The number of ether oxygens (including phenoxy) is 1. The van der Waals surface area contributed by atoms with E-state index in [0.717, 1.165) is 5.56 Å². The quantitative estimate of drug-likeness (QED) is 0.868. The first-order chi connectivity index (χ1) is 8.49. The molecule has 0 saturated carbocycles. The first-order valence-electron chi connectivity index (χ1n) is 5.88. The van der Waals surface area contributed by atoms with Crippen molar-refractivity contribution in [2.24, 2.45) is 0 Å². The Hall–Kier alpha value is -1.46. The SMILES string of the molecule is CC1CN(C(C)c2ccc(F)cc2)C(=O)C(O)O1. The van der Waals surface area contributed by atoms with Crippen LogP contribution in [0.25, 0.3) is 0 Å². The molecule has 1 N–H and O–H groups in total. The van der Waals surface area contributed by atoms with E-state index in [1.165, 1.54) is 12.1 Å². The molecule has 3 atom stereocenters. The second kappa shape index (κ2) is 5.04. The lowest BCUT2D eigenvalue weighted by molar-refractivity contribution is -0.200. The van der Waals surface area contributed by atoms with Gasteiger partial charge in [-0.15, -0.1) is 0 Å². The molecular formula is C13H16FNO3. The van der Waals surface area contributed by atoms with Crippen LogP contribution in [0.1, 0.15) is 25.5 Å². The molecule has 5 heteroatoms. The van der Waals surface area contributed by atoms with Gasteiger partial charge in [-0.05, 0) is 31.5 Å². The van der Waals surface area contributed by atoms with Crippen LogP contribution in [0, 0.1) is 5.82 Å². The van der Waals surface area contributed by atoms with Crippen LogP contribution in [0.5, 0.6) is 0 Å². The number of nitrogens with zero attached hydrogens (tertiary/aromatic N) is 1. The number of benzene rings is 1. The molecule has 3 unspecified atom stereocenters. The number of halogens is 1. The summed E-state index contributed by atoms with van der Waals surface area (Å²) in [5, 5.41) is 9.49. The molecule has 0 aliphatic carbocycles. The molecule has 0 bridgehead atoms. The Labute approximate surface area is 105 Å². The van der Waals surface area contributed by atoms with Crippen LogP contribution in [0.3, 0.4) is 0 Å². The first-order valence-corrected chi connectivity index (χ1v) is 5.88. The smallest absolute Gasteiger partial charge is 0.279 e. The van der Waals surface area contributed by atoms with Crippen molar-refractivity contribution in [2.45, 2.75) is 32.3 Å². The highest BCUT2D eigenvalue weighted by Crippen LogP contribution is 2.24. The second-order valence-electron chi connectivity index (χ2n) is 4.52. The Morgan fingerprint density at radius 1 is 1.44 bits per heavy atom. The van der Waals surface area contributed by atoms with Crippen molar-refractivity contribution in [1.82, 2.24) is 4.90 Å². The lowest BCUT2D eigenvalue weighted by atomic mass is 10.1. The van der Waals surface area contributed by atoms with E-state index in [1.807, 2.05) is 6.92 Å². The van der Waals surface area contributed by atoms with Gasteiger partial charge in [0, 0.05) is 6.54 Å². The molecule has 1 amide bonds. The maximum absolute atomic E-state index is 12.9. The minimum Gasteiger partial charge on any atom is -0.360 e. The van der Waals surface area contributed by atoms with Gasteiger partial charge < -0.3 is 14.7 Å². The predicted octanol–water partition coefficient (Wildman–Crippen LogP) is 1.45. The fraction of sp³-hybridized carbons (Fsp3) is 0.462. The van der Waals surface area contributed by atoms with Crippen LogP contribution >= 0.6 is 0 Å². The number of carbonyl (C=O) groups excluding carboxylic acids is 1. The number of rotatable bonds is 2. The van der Waals surface area contributed by atoms with Gasteiger partial charge in [0.15, 0.2) is 0 Å². The molecule has 98 valence electrons. The Morgan fingerprint density at radius 2 is 2.06 bits per heavy atom. The summed E-state index contributed by atoms with van der Waals surface area (Å²) < 4.78 is 17.9. The van der Waals surface area contributed by atoms with Crippen LogP contribution in [0.4, 0.5) is 4.39 Å². The maximum atomic E-state index is 12.9. The van der Waals surface area contributed by atoms with Crippen molar-refractivity contribution in [1.29, 1.82) is 0 Å². The van der Waals surface area contributed by atoms with Gasteiger partial charge in [0.05, 0.1) is 12.1 Å². The Morgan fingerprint density at radius 3 is 2.67 bits per heavy atom. The van der Waals surface area contributed by atoms with Crippen LogP contribution in [0.2, 0.25) is 0 Å². The number of hydrogen-bond acceptors (Lipinski definition) is 3. The number of hydrogen-bond donors (Lipinski definition) is 1. The summed E-state index contributed by atoms with van der Waals surface area (Å²) in [5.74, 6) is -0.766. The lowest BCUT2D eigenvalue weighted by Crippen LogP contribution is -2.51. The molecule has 0 radical (unpaired) electrons. The molecule has 1 aromatic carbocycles. The minimum absolute atomic E-state index is 0.222. The fourth-order valence-electron chi connectivity index (χ4n) is 2.10. The molecule has 1 heterocycles. The first kappa shape index (κ1) is 13.0. The molecule has 1 saturated heterocycles. The van der Waals surface area contributed by atoms with Crippen molar-refractivity contribution >= 4 is 5.91 Å². The fourth-order valence-corrected chi connectivity index (χ4v) is 2.10. The Balaban J connectivity index is 2.19. The molecule has 0 spiro atoms. The van der Waals surface area contributed by atoms with Gasteiger partial charge in [-0.1, -0.05) is 12.1 Å². The predicted molar refractivity (Wildman–Crippen MR) is 63.1 cm³/mol. The molecule has 4 nitrogen and oxygen atoms in total. The van der Waals surface area contributed by atoms with E-state index in [1.54, 1.807) is 24.0 Å². The number of aliphatic hydroxyl groups excluding tert-OH is 1. The average Bonchev–Trinajstić information content (AvgIpc) is 2.34. The molecule has 1 aliphatic rings. The van der Waals surface area contributed by atoms with Crippen LogP contribution in [0.15, 0.2) is 24.3 Å². The van der Waals surface area contributed by atoms with Gasteiger partial charge in [-0.3, -0.25) is 4.79 Å². The maximum Gasteiger partial charge on any atom is 0.279 e. The zero-order valence-corrected chi connectivity index (χ0v) is 10.3. The molecule has 18 heavy (non-hydrogen) atoms. The Kier molecular flexibility index (Phi) is 3.63. The van der Waals surface area contributed by atoms with Gasteiger partial charge in [-0.2, -0.15) is 0 Å². The number of morpholine rings is 1. The van der Waals surface area contributed by atoms with E-state index in [4.69, 9.17) is 4.74 Å². The third-order valence-corrected chi connectivity index (χ3v) is 3.13. The van der Waals surface area contributed by atoms with Crippen molar-refractivity contribution in [3.8, 4) is 0 Å². The van der Waals surface area contributed by atoms with Gasteiger partial charge in [0.1, 0.15) is 5.82 Å².